The first kappa shape index (κ1) is 18.5. The summed E-state index contributed by atoms with van der Waals surface area (Å²) in [5.74, 6) is 0. The number of aliphatic hydroxyl groups is 1. The Hall–Kier alpha value is -1.57. The van der Waals surface area contributed by atoms with E-state index in [1.165, 1.54) is 0 Å². The number of piperazine rings is 1. The van der Waals surface area contributed by atoms with Crippen molar-refractivity contribution in [2.24, 2.45) is 0 Å². The molecule has 22 heavy (non-hydrogen) atoms. The van der Waals surface area contributed by atoms with E-state index in [0.29, 0.717) is 18.7 Å². The molecule has 1 saturated heterocycles. The Morgan fingerprint density at radius 2 is 2.00 bits per heavy atom. The lowest BCUT2D eigenvalue weighted by atomic mass is 10.2. The molecule has 7 nitrogen and oxygen atoms in total. The van der Waals surface area contributed by atoms with Gasteiger partial charge in [0.1, 0.15) is 5.69 Å². The van der Waals surface area contributed by atoms with Gasteiger partial charge in [0.05, 0.1) is 4.92 Å². The van der Waals surface area contributed by atoms with E-state index in [1.807, 2.05) is 6.07 Å². The van der Waals surface area contributed by atoms with Gasteiger partial charge in [-0.2, -0.15) is 0 Å². The Labute approximate surface area is 136 Å². The average molecular weight is 330 g/mol. The molecule has 2 rings (SSSR count). The Bertz CT molecular complexity index is 493. The molecular weight excluding hydrogens is 308 g/mol. The highest BCUT2D eigenvalue weighted by molar-refractivity contribution is 5.69. The monoisotopic (exact) mass is 329 g/mol. The van der Waals surface area contributed by atoms with Crippen LogP contribution in [-0.2, 0) is 0 Å². The minimum atomic E-state index is -0.380. The molecule has 0 unspecified atom stereocenters. The molecule has 0 saturated carbocycles. The van der Waals surface area contributed by atoms with Crippen LogP contribution in [0.2, 0.25) is 0 Å². The number of nitrogens with zero attached hydrogens (tertiary/aromatic N) is 3. The van der Waals surface area contributed by atoms with Gasteiger partial charge in [-0.3, -0.25) is 10.1 Å². The summed E-state index contributed by atoms with van der Waals surface area (Å²) in [7, 11) is 2.09. The molecule has 0 bridgehead atoms. The van der Waals surface area contributed by atoms with E-state index in [4.69, 9.17) is 5.11 Å². The number of likely N-dealkylation sites (N-methyl/N-ethyl adjacent to an activating group) is 1. The lowest BCUT2D eigenvalue weighted by Gasteiger charge is -2.34. The van der Waals surface area contributed by atoms with Crippen LogP contribution >= 0.6 is 0 Å². The Morgan fingerprint density at radius 3 is 2.59 bits per heavy atom. The highest BCUT2D eigenvalue weighted by atomic mass is 35.5. The number of benzene rings is 1. The lowest BCUT2D eigenvalue weighted by molar-refractivity contribution is -0.383. The van der Waals surface area contributed by atoms with E-state index in [9.17, 15) is 10.1 Å². The first-order valence-electron chi connectivity index (χ1n) is 7.18. The number of nitrogens with one attached hydrogen (secondary N) is 1. The van der Waals surface area contributed by atoms with Gasteiger partial charge in [0, 0.05) is 51.1 Å². The van der Waals surface area contributed by atoms with Crippen LogP contribution in [0.4, 0.5) is 17.1 Å². The van der Waals surface area contributed by atoms with Gasteiger partial charge in [-0.1, -0.05) is 0 Å². The van der Waals surface area contributed by atoms with Crippen molar-refractivity contribution in [1.82, 2.24) is 4.90 Å². The first-order valence-corrected chi connectivity index (χ1v) is 7.18. The van der Waals surface area contributed by atoms with E-state index in [-0.39, 0.29) is 29.6 Å². The fourth-order valence-electron chi connectivity index (χ4n) is 2.39. The van der Waals surface area contributed by atoms with Crippen molar-refractivity contribution in [2.45, 2.75) is 6.42 Å². The fraction of sp³-hybridized carbons (Fsp3) is 0.571. The zero-order chi connectivity index (χ0) is 15.2. The molecule has 0 aliphatic carbocycles. The third-order valence-corrected chi connectivity index (χ3v) is 3.70. The van der Waals surface area contributed by atoms with Crippen LogP contribution in [0.1, 0.15) is 6.42 Å². The van der Waals surface area contributed by atoms with Crippen molar-refractivity contribution in [1.29, 1.82) is 0 Å². The molecule has 1 aliphatic rings. The molecule has 0 spiro atoms. The number of halogens is 1. The number of anilines is 2. The van der Waals surface area contributed by atoms with Gasteiger partial charge in [-0.15, -0.1) is 0 Å². The van der Waals surface area contributed by atoms with Gasteiger partial charge in [-0.05, 0) is 25.6 Å². The molecule has 1 heterocycles. The minimum Gasteiger partial charge on any atom is -1.00 e. The zero-order valence-electron chi connectivity index (χ0n) is 12.7. The molecule has 8 heteroatoms. The van der Waals surface area contributed by atoms with Crippen LogP contribution in [0.25, 0.3) is 0 Å². The van der Waals surface area contributed by atoms with Crippen molar-refractivity contribution < 1.29 is 22.4 Å². The highest BCUT2D eigenvalue weighted by Gasteiger charge is 2.18. The SMILES string of the molecule is CN1CCN(c2ccc([N+](=O)[O-])c(NCCCO)c2)CC1.[Cl-]. The second-order valence-electron chi connectivity index (χ2n) is 5.25. The number of aliphatic hydroxyl groups excluding tert-OH is 1. The number of hydrogen-bond donors (Lipinski definition) is 2. The Balaban J connectivity index is 0.00000242. The first-order chi connectivity index (χ1) is 10.1. The summed E-state index contributed by atoms with van der Waals surface area (Å²) < 4.78 is 0. The van der Waals surface area contributed by atoms with Crippen LogP contribution in [0.15, 0.2) is 18.2 Å². The second-order valence-corrected chi connectivity index (χ2v) is 5.25. The molecule has 124 valence electrons. The van der Waals surface area contributed by atoms with E-state index in [1.54, 1.807) is 12.1 Å². The van der Waals surface area contributed by atoms with Gasteiger partial charge in [0.15, 0.2) is 0 Å². The smallest absolute Gasteiger partial charge is 0.292 e. The number of rotatable bonds is 6. The van der Waals surface area contributed by atoms with Gasteiger partial charge >= 0.3 is 0 Å². The fourth-order valence-corrected chi connectivity index (χ4v) is 2.39. The summed E-state index contributed by atoms with van der Waals surface area (Å²) in [6.07, 6.45) is 0.565. The molecule has 1 fully saturated rings. The third-order valence-electron chi connectivity index (χ3n) is 3.70. The largest absolute Gasteiger partial charge is 1.00 e. The second kappa shape index (κ2) is 8.77. The molecule has 0 aromatic heterocycles. The summed E-state index contributed by atoms with van der Waals surface area (Å²) in [6, 6.07) is 5.19. The minimum absolute atomic E-state index is 0. The summed E-state index contributed by atoms with van der Waals surface area (Å²) in [6.45, 7) is 4.41. The predicted octanol–water partition coefficient (Wildman–Crippen LogP) is -1.86. The van der Waals surface area contributed by atoms with Crippen LogP contribution in [0.3, 0.4) is 0 Å². The number of nitro groups is 1. The molecule has 1 aromatic carbocycles. The Kier molecular flexibility index (Phi) is 7.37. The highest BCUT2D eigenvalue weighted by Crippen LogP contribution is 2.30. The third kappa shape index (κ3) is 4.72. The van der Waals surface area contributed by atoms with Crippen molar-refractivity contribution in [3.8, 4) is 0 Å². The lowest BCUT2D eigenvalue weighted by Crippen LogP contribution is -3.00. The quantitative estimate of drug-likeness (QED) is 0.362. The summed E-state index contributed by atoms with van der Waals surface area (Å²) in [4.78, 5) is 15.2. The van der Waals surface area contributed by atoms with Crippen molar-refractivity contribution in [2.75, 3.05) is 56.6 Å². The van der Waals surface area contributed by atoms with Crippen molar-refractivity contribution in [3.05, 3.63) is 28.3 Å². The standard InChI is InChI=1S/C14H22N4O3.ClH/c1-16-6-8-17(9-7-16)12-3-4-14(18(20)21)13(11-12)15-5-2-10-19;/h3-4,11,15,19H,2,5-10H2,1H3;1H/p-1. The number of nitro benzene ring substituents is 1. The molecule has 1 aliphatic heterocycles. The topological polar surface area (TPSA) is 81.9 Å². The maximum atomic E-state index is 11.1. The van der Waals surface area contributed by atoms with Crippen molar-refractivity contribution >= 4 is 17.1 Å². The molecule has 0 amide bonds. The van der Waals surface area contributed by atoms with Crippen molar-refractivity contribution in [3.63, 3.8) is 0 Å². The molecule has 0 atom stereocenters. The average Bonchev–Trinajstić information content (AvgIpc) is 2.48. The van der Waals surface area contributed by atoms with Gasteiger partial charge in [0.2, 0.25) is 0 Å². The Morgan fingerprint density at radius 1 is 1.32 bits per heavy atom. The van der Waals surface area contributed by atoms with E-state index < -0.39 is 0 Å². The molecular formula is C14H22ClN4O3-. The van der Waals surface area contributed by atoms with Crippen LogP contribution in [0, 0.1) is 10.1 Å². The zero-order valence-corrected chi connectivity index (χ0v) is 13.4. The molecule has 2 N–H and O–H groups in total. The van der Waals surface area contributed by atoms with Crippen LogP contribution < -0.4 is 22.6 Å². The van der Waals surface area contributed by atoms with Crippen LogP contribution in [0.5, 0.6) is 0 Å². The van der Waals surface area contributed by atoms with Gasteiger partial charge in [-0.25, -0.2) is 0 Å². The van der Waals surface area contributed by atoms with E-state index in [2.05, 4.69) is 22.2 Å². The maximum Gasteiger partial charge on any atom is 0.292 e. The van der Waals surface area contributed by atoms with Crippen LogP contribution in [-0.4, -0.2) is 61.3 Å². The van der Waals surface area contributed by atoms with Gasteiger partial charge < -0.3 is 32.6 Å². The van der Waals surface area contributed by atoms with E-state index in [0.717, 1.165) is 31.9 Å². The number of hydrogen-bond acceptors (Lipinski definition) is 6. The predicted molar refractivity (Wildman–Crippen MR) is 83.0 cm³/mol. The molecule has 0 radical (unpaired) electrons. The molecule has 1 aromatic rings. The maximum absolute atomic E-state index is 11.1. The normalized spacial score (nSPS) is 15.3. The van der Waals surface area contributed by atoms with Gasteiger partial charge in [0.25, 0.3) is 5.69 Å². The summed E-state index contributed by atoms with van der Waals surface area (Å²) >= 11 is 0. The van der Waals surface area contributed by atoms with E-state index >= 15 is 0 Å². The summed E-state index contributed by atoms with van der Waals surface area (Å²) in [5, 5.41) is 22.9. The summed E-state index contributed by atoms with van der Waals surface area (Å²) in [5.41, 5.74) is 1.59.